The van der Waals surface area contributed by atoms with Gasteiger partial charge in [0.15, 0.2) is 5.60 Å². The fourth-order valence-corrected chi connectivity index (χ4v) is 3.02. The second-order valence-corrected chi connectivity index (χ2v) is 7.43. The third-order valence-corrected chi connectivity index (χ3v) is 4.80. The fraction of sp³-hybridized carbons (Fsp3) is 0.300. The third kappa shape index (κ3) is 4.68. The van der Waals surface area contributed by atoms with Crippen LogP contribution in [0, 0.1) is 6.92 Å². The molecule has 0 saturated heterocycles. The van der Waals surface area contributed by atoms with E-state index in [1.165, 1.54) is 13.8 Å². The van der Waals surface area contributed by atoms with Gasteiger partial charge < -0.3 is 19.0 Å². The van der Waals surface area contributed by atoms with E-state index in [0.717, 1.165) is 16.3 Å². The van der Waals surface area contributed by atoms with Gasteiger partial charge in [-0.1, -0.05) is 6.07 Å². The van der Waals surface area contributed by atoms with Crippen molar-refractivity contribution in [3.05, 3.63) is 53.2 Å². The number of nitrogens with zero attached hydrogens (tertiary/aromatic N) is 1. The first-order chi connectivity index (χ1) is 12.8. The quantitative estimate of drug-likeness (QED) is 0.609. The molecule has 3 aromatic rings. The highest BCUT2D eigenvalue weighted by atomic mass is 32.1. The average molecular weight is 387 g/mol. The van der Waals surface area contributed by atoms with E-state index in [0.29, 0.717) is 30.4 Å². The zero-order valence-corrected chi connectivity index (χ0v) is 16.2. The van der Waals surface area contributed by atoms with Gasteiger partial charge in [0.2, 0.25) is 5.89 Å². The van der Waals surface area contributed by atoms with Crippen molar-refractivity contribution >= 4 is 17.3 Å². The van der Waals surface area contributed by atoms with Gasteiger partial charge in [0.05, 0.1) is 17.2 Å². The van der Waals surface area contributed by atoms with Crippen molar-refractivity contribution < 1.29 is 23.8 Å². The summed E-state index contributed by atoms with van der Waals surface area (Å²) in [6, 6.07) is 10.8. The molecule has 0 aliphatic heterocycles. The molecule has 0 fully saturated rings. The van der Waals surface area contributed by atoms with Crippen molar-refractivity contribution in [2.45, 2.75) is 32.8 Å². The molecule has 0 aliphatic rings. The molecule has 1 N–H and O–H groups in total. The Labute approximate surface area is 161 Å². The van der Waals surface area contributed by atoms with Gasteiger partial charge in [0.1, 0.15) is 17.3 Å². The second-order valence-electron chi connectivity index (χ2n) is 6.49. The lowest BCUT2D eigenvalue weighted by atomic mass is 10.1. The lowest BCUT2D eigenvalue weighted by Gasteiger charge is -2.21. The number of aromatic nitrogens is 1. The molecule has 2 heterocycles. The Morgan fingerprint density at radius 3 is 2.56 bits per heavy atom. The summed E-state index contributed by atoms with van der Waals surface area (Å²) >= 11 is 1.59. The third-order valence-electron chi connectivity index (χ3n) is 3.94. The Bertz CT molecular complexity index is 897. The number of ether oxygens (including phenoxy) is 2. The summed E-state index contributed by atoms with van der Waals surface area (Å²) in [6.45, 7) is 5.36. The number of hydrogen-bond acceptors (Lipinski definition) is 6. The smallest absolute Gasteiger partial charge is 0.347 e. The van der Waals surface area contributed by atoms with Gasteiger partial charge in [-0.05, 0) is 56.5 Å². The Kier molecular flexibility index (Phi) is 5.51. The molecule has 0 atom stereocenters. The maximum Gasteiger partial charge on any atom is 0.347 e. The van der Waals surface area contributed by atoms with Crippen LogP contribution in [0.5, 0.6) is 11.5 Å². The number of aliphatic carboxylic acids is 1. The molecule has 0 aliphatic carbocycles. The summed E-state index contributed by atoms with van der Waals surface area (Å²) < 4.78 is 16.9. The van der Waals surface area contributed by atoms with Crippen LogP contribution in [0.2, 0.25) is 0 Å². The monoisotopic (exact) mass is 387 g/mol. The van der Waals surface area contributed by atoms with E-state index in [4.69, 9.17) is 19.0 Å². The fourth-order valence-electron chi connectivity index (χ4n) is 2.37. The summed E-state index contributed by atoms with van der Waals surface area (Å²) in [4.78, 5) is 16.7. The van der Waals surface area contributed by atoms with Crippen LogP contribution in [-0.4, -0.2) is 28.3 Å². The summed E-state index contributed by atoms with van der Waals surface area (Å²) in [6.07, 6.45) is 0.630. The number of carbonyl (C=O) groups is 1. The van der Waals surface area contributed by atoms with E-state index in [1.807, 2.05) is 24.4 Å². The Balaban J connectivity index is 1.54. The maximum absolute atomic E-state index is 11.1. The van der Waals surface area contributed by atoms with Crippen LogP contribution < -0.4 is 9.47 Å². The summed E-state index contributed by atoms with van der Waals surface area (Å²) in [5.41, 5.74) is -0.408. The number of hydrogen-bond donors (Lipinski definition) is 1. The van der Waals surface area contributed by atoms with Crippen molar-refractivity contribution in [3.8, 4) is 22.3 Å². The molecule has 6 nitrogen and oxygen atoms in total. The molecule has 27 heavy (non-hydrogen) atoms. The van der Waals surface area contributed by atoms with E-state index in [9.17, 15) is 4.79 Å². The van der Waals surface area contributed by atoms with Gasteiger partial charge >= 0.3 is 5.97 Å². The zero-order chi connectivity index (χ0) is 19.4. The van der Waals surface area contributed by atoms with Gasteiger partial charge in [-0.2, -0.15) is 0 Å². The first-order valence-corrected chi connectivity index (χ1v) is 9.38. The molecule has 0 unspecified atom stereocenters. The minimum atomic E-state index is -1.28. The number of benzene rings is 1. The molecule has 0 bridgehead atoms. The van der Waals surface area contributed by atoms with Gasteiger partial charge in [0, 0.05) is 6.42 Å². The highest BCUT2D eigenvalue weighted by molar-refractivity contribution is 7.13. The van der Waals surface area contributed by atoms with Crippen LogP contribution in [0.1, 0.15) is 25.3 Å². The van der Waals surface area contributed by atoms with Gasteiger partial charge in [0.25, 0.3) is 0 Å². The molecular weight excluding hydrogens is 366 g/mol. The van der Waals surface area contributed by atoms with Crippen LogP contribution >= 0.6 is 11.3 Å². The largest absolute Gasteiger partial charge is 0.493 e. The topological polar surface area (TPSA) is 81.8 Å². The van der Waals surface area contributed by atoms with Crippen LogP contribution in [0.25, 0.3) is 10.8 Å². The van der Waals surface area contributed by atoms with Crippen molar-refractivity contribution in [3.63, 3.8) is 0 Å². The van der Waals surface area contributed by atoms with Gasteiger partial charge in [-0.3, -0.25) is 0 Å². The Morgan fingerprint density at radius 2 is 1.93 bits per heavy atom. The van der Waals surface area contributed by atoms with Crippen LogP contribution in [0.15, 0.2) is 46.2 Å². The second kappa shape index (κ2) is 7.84. The molecular formula is C20H21NO5S. The number of carboxylic acids is 1. The normalized spacial score (nSPS) is 11.4. The van der Waals surface area contributed by atoms with E-state index in [-0.39, 0.29) is 0 Å². The standard InChI is InChI=1S/C20H21NO5S/c1-13-16(21-18(25-13)17-5-4-12-27-17)10-11-24-14-6-8-15(9-7-14)26-20(2,3)19(22)23/h4-9,12H,10-11H2,1-3H3,(H,22,23). The first-order valence-electron chi connectivity index (χ1n) is 8.50. The van der Waals surface area contributed by atoms with Crippen molar-refractivity contribution in [1.82, 2.24) is 4.98 Å². The highest BCUT2D eigenvalue weighted by Gasteiger charge is 2.29. The Morgan fingerprint density at radius 1 is 1.22 bits per heavy atom. The molecule has 1 aromatic carbocycles. The number of rotatable bonds is 8. The minimum absolute atomic E-state index is 0.456. The number of oxazole rings is 1. The number of thiophene rings is 1. The van der Waals surface area contributed by atoms with Crippen LogP contribution in [-0.2, 0) is 11.2 Å². The lowest BCUT2D eigenvalue weighted by Crippen LogP contribution is -2.37. The molecule has 0 radical (unpaired) electrons. The summed E-state index contributed by atoms with van der Waals surface area (Å²) in [5, 5.41) is 11.1. The minimum Gasteiger partial charge on any atom is -0.493 e. The van der Waals surface area contributed by atoms with Crippen molar-refractivity contribution in [1.29, 1.82) is 0 Å². The number of aryl methyl sites for hydroxylation is 1. The highest BCUT2D eigenvalue weighted by Crippen LogP contribution is 2.26. The van der Waals surface area contributed by atoms with E-state index >= 15 is 0 Å². The molecule has 7 heteroatoms. The summed E-state index contributed by atoms with van der Waals surface area (Å²) in [7, 11) is 0. The maximum atomic E-state index is 11.1. The lowest BCUT2D eigenvalue weighted by molar-refractivity contribution is -0.152. The van der Waals surface area contributed by atoms with Crippen LogP contribution in [0.4, 0.5) is 0 Å². The summed E-state index contributed by atoms with van der Waals surface area (Å²) in [5.74, 6) is 1.56. The first kappa shape index (κ1) is 19.0. The molecule has 3 rings (SSSR count). The predicted molar refractivity (Wildman–Crippen MR) is 103 cm³/mol. The van der Waals surface area contributed by atoms with Crippen LogP contribution in [0.3, 0.4) is 0 Å². The van der Waals surface area contributed by atoms with Crippen molar-refractivity contribution in [2.24, 2.45) is 0 Å². The van der Waals surface area contributed by atoms with Gasteiger partial charge in [-0.25, -0.2) is 9.78 Å². The van der Waals surface area contributed by atoms with E-state index in [2.05, 4.69) is 4.98 Å². The average Bonchev–Trinajstić information content (AvgIpc) is 3.26. The van der Waals surface area contributed by atoms with E-state index in [1.54, 1.807) is 35.6 Å². The molecule has 0 saturated carbocycles. The molecule has 0 spiro atoms. The molecule has 0 amide bonds. The van der Waals surface area contributed by atoms with Gasteiger partial charge in [-0.15, -0.1) is 11.3 Å². The number of carboxylic acid groups (broad SMARTS) is 1. The van der Waals surface area contributed by atoms with E-state index < -0.39 is 11.6 Å². The molecule has 2 aromatic heterocycles. The molecule has 142 valence electrons. The zero-order valence-electron chi connectivity index (χ0n) is 15.4. The predicted octanol–water partition coefficient (Wildman–Crippen LogP) is 4.58. The Hall–Kier alpha value is -2.80. The SMILES string of the molecule is Cc1oc(-c2cccs2)nc1CCOc1ccc(OC(C)(C)C(=O)O)cc1. The van der Waals surface area contributed by atoms with Crippen molar-refractivity contribution in [2.75, 3.05) is 6.61 Å².